The van der Waals surface area contributed by atoms with Gasteiger partial charge in [-0.1, -0.05) is 6.07 Å². The molecule has 0 atom stereocenters. The molecule has 0 radical (unpaired) electrons. The third-order valence-corrected chi connectivity index (χ3v) is 1.21. The fourth-order valence-electron chi connectivity index (χ4n) is 0.514. The molecule has 1 aromatic rings. The van der Waals surface area contributed by atoms with Crippen molar-refractivity contribution >= 4 is 11.6 Å². The maximum Gasteiger partial charge on any atom is 0.194 e. The molecule has 0 spiro atoms. The van der Waals surface area contributed by atoms with Crippen LogP contribution in [0.1, 0.15) is 5.69 Å². The first kappa shape index (κ1) is 5.57. The summed E-state index contributed by atoms with van der Waals surface area (Å²) >= 11 is 5.50. The number of halogens is 1. The zero-order chi connectivity index (χ0) is 5.82. The monoisotopic (exact) mass is 128 g/mol. The van der Waals surface area contributed by atoms with Crippen LogP contribution in [0.3, 0.4) is 0 Å². The van der Waals surface area contributed by atoms with E-state index in [1.54, 1.807) is 0 Å². The highest BCUT2D eigenvalue weighted by atomic mass is 35.5. The summed E-state index contributed by atoms with van der Waals surface area (Å²) in [6.45, 7) is 0. The molecule has 2 heteroatoms. The van der Waals surface area contributed by atoms with Crippen LogP contribution in [0.25, 0.3) is 0 Å². The summed E-state index contributed by atoms with van der Waals surface area (Å²) in [4.78, 5) is 2.99. The Balaban J connectivity index is 2.83. The first-order valence-corrected chi connectivity index (χ1v) is 2.98. The Kier molecular flexibility index (Phi) is 1.86. The summed E-state index contributed by atoms with van der Waals surface area (Å²) in [6.07, 6.45) is 1.86. The lowest BCUT2D eigenvalue weighted by Crippen LogP contribution is -2.06. The Labute approximate surface area is 53.3 Å². The van der Waals surface area contributed by atoms with Gasteiger partial charge < -0.3 is 0 Å². The van der Waals surface area contributed by atoms with Crippen LogP contribution >= 0.6 is 11.6 Å². The van der Waals surface area contributed by atoms with Gasteiger partial charge in [-0.3, -0.25) is 0 Å². The Morgan fingerprint density at radius 3 is 2.75 bits per heavy atom. The van der Waals surface area contributed by atoms with Gasteiger partial charge in [-0.2, -0.15) is 0 Å². The highest BCUT2D eigenvalue weighted by Gasteiger charge is 1.91. The molecule has 0 unspecified atom stereocenters. The van der Waals surface area contributed by atoms with Crippen LogP contribution in [-0.2, 0) is 5.88 Å². The van der Waals surface area contributed by atoms with E-state index < -0.39 is 0 Å². The molecule has 1 rings (SSSR count). The molecular weight excluding hydrogens is 122 g/mol. The van der Waals surface area contributed by atoms with Crippen molar-refractivity contribution in [3.05, 3.63) is 30.1 Å². The second-order valence-corrected chi connectivity index (χ2v) is 1.79. The van der Waals surface area contributed by atoms with Crippen LogP contribution in [0.15, 0.2) is 24.4 Å². The average Bonchev–Trinajstić information content (AvgIpc) is 1.90. The number of hydrogen-bond donors (Lipinski definition) is 0. The highest BCUT2D eigenvalue weighted by Crippen LogP contribution is 1.91. The van der Waals surface area contributed by atoms with Crippen molar-refractivity contribution in [2.24, 2.45) is 0 Å². The van der Waals surface area contributed by atoms with E-state index in [-0.39, 0.29) is 0 Å². The summed E-state index contributed by atoms with van der Waals surface area (Å²) in [5.41, 5.74) is 1.05. The Bertz CT molecular complexity index is 150. The van der Waals surface area contributed by atoms with Gasteiger partial charge in [0.05, 0.1) is 0 Å². The topological polar surface area (TPSA) is 14.1 Å². The van der Waals surface area contributed by atoms with Crippen LogP contribution in [0, 0.1) is 0 Å². The van der Waals surface area contributed by atoms with E-state index in [1.165, 1.54) is 0 Å². The minimum Gasteiger partial charge on any atom is -0.214 e. The summed E-state index contributed by atoms with van der Waals surface area (Å²) in [5, 5.41) is 0. The molecule has 42 valence electrons. The van der Waals surface area contributed by atoms with Gasteiger partial charge >= 0.3 is 0 Å². The summed E-state index contributed by atoms with van der Waals surface area (Å²) in [6, 6.07) is 5.83. The molecule has 0 saturated heterocycles. The zero-order valence-corrected chi connectivity index (χ0v) is 5.15. The van der Waals surface area contributed by atoms with Crippen molar-refractivity contribution in [2.75, 3.05) is 0 Å². The average molecular weight is 129 g/mol. The third-order valence-electron chi connectivity index (χ3n) is 0.917. The molecule has 1 nitrogen and oxygen atoms in total. The summed E-state index contributed by atoms with van der Waals surface area (Å²) in [7, 11) is 0. The van der Waals surface area contributed by atoms with Gasteiger partial charge in [0.2, 0.25) is 0 Å². The van der Waals surface area contributed by atoms with Gasteiger partial charge in [-0.05, 0) is 0 Å². The van der Waals surface area contributed by atoms with Gasteiger partial charge in [0, 0.05) is 12.1 Å². The minimum absolute atomic E-state index is 0.556. The minimum atomic E-state index is 0.556. The van der Waals surface area contributed by atoms with Crippen molar-refractivity contribution in [1.29, 1.82) is 0 Å². The number of aromatic nitrogens is 1. The Morgan fingerprint density at radius 2 is 2.38 bits per heavy atom. The smallest absolute Gasteiger partial charge is 0.194 e. The number of alkyl halides is 1. The van der Waals surface area contributed by atoms with E-state index in [1.807, 2.05) is 24.4 Å². The van der Waals surface area contributed by atoms with E-state index in [0.29, 0.717) is 5.88 Å². The van der Waals surface area contributed by atoms with Crippen molar-refractivity contribution in [3.8, 4) is 0 Å². The van der Waals surface area contributed by atoms with E-state index in [0.717, 1.165) is 5.69 Å². The van der Waals surface area contributed by atoms with E-state index in [4.69, 9.17) is 11.6 Å². The highest BCUT2D eigenvalue weighted by molar-refractivity contribution is 6.16. The maximum absolute atomic E-state index is 5.50. The molecule has 0 amide bonds. The van der Waals surface area contributed by atoms with Crippen LogP contribution in [-0.4, -0.2) is 0 Å². The van der Waals surface area contributed by atoms with Crippen molar-refractivity contribution < 1.29 is 4.98 Å². The molecule has 0 fully saturated rings. The molecule has 1 heterocycles. The number of nitrogens with one attached hydrogen (secondary N) is 1. The van der Waals surface area contributed by atoms with Crippen LogP contribution in [0.5, 0.6) is 0 Å². The number of H-pyrrole nitrogens is 1. The summed E-state index contributed by atoms with van der Waals surface area (Å²) < 4.78 is 0. The molecule has 0 aromatic carbocycles. The SMILES string of the molecule is ClCc1cccc[nH+]1. The van der Waals surface area contributed by atoms with Crippen molar-refractivity contribution in [1.82, 2.24) is 0 Å². The van der Waals surface area contributed by atoms with Crippen LogP contribution < -0.4 is 4.98 Å². The lowest BCUT2D eigenvalue weighted by Gasteiger charge is -1.80. The fraction of sp³-hybridized carbons (Fsp3) is 0.167. The first-order valence-electron chi connectivity index (χ1n) is 2.45. The maximum atomic E-state index is 5.50. The molecule has 0 aliphatic rings. The predicted octanol–water partition coefficient (Wildman–Crippen LogP) is 1.24. The number of pyridine rings is 1. The fourth-order valence-corrected chi connectivity index (χ4v) is 0.680. The van der Waals surface area contributed by atoms with Crippen molar-refractivity contribution in [2.45, 2.75) is 5.88 Å². The first-order chi connectivity index (χ1) is 3.93. The molecular formula is C6H7ClN+. The van der Waals surface area contributed by atoms with Crippen molar-refractivity contribution in [3.63, 3.8) is 0 Å². The molecule has 0 bridgehead atoms. The molecule has 0 aliphatic heterocycles. The van der Waals surface area contributed by atoms with Gasteiger partial charge in [0.25, 0.3) is 0 Å². The van der Waals surface area contributed by atoms with Gasteiger partial charge in [0.1, 0.15) is 5.88 Å². The Hall–Kier alpha value is -0.560. The molecule has 8 heavy (non-hydrogen) atoms. The lowest BCUT2D eigenvalue weighted by atomic mass is 10.4. The van der Waals surface area contributed by atoms with Gasteiger partial charge in [0.15, 0.2) is 11.9 Å². The number of rotatable bonds is 1. The number of aromatic amines is 1. The van der Waals surface area contributed by atoms with Gasteiger partial charge in [-0.25, -0.2) is 4.98 Å². The standard InChI is InChI=1S/C6H6ClN/c7-5-6-3-1-2-4-8-6/h1-4H,5H2/p+1. The normalized spacial score (nSPS) is 9.12. The second kappa shape index (κ2) is 2.68. The molecule has 1 N–H and O–H groups in total. The van der Waals surface area contributed by atoms with Crippen LogP contribution in [0.2, 0.25) is 0 Å². The zero-order valence-electron chi connectivity index (χ0n) is 4.39. The second-order valence-electron chi connectivity index (χ2n) is 1.52. The van der Waals surface area contributed by atoms with Gasteiger partial charge in [-0.15, -0.1) is 11.6 Å². The van der Waals surface area contributed by atoms with E-state index in [2.05, 4.69) is 4.98 Å². The van der Waals surface area contributed by atoms with E-state index >= 15 is 0 Å². The lowest BCUT2D eigenvalue weighted by molar-refractivity contribution is -0.388. The largest absolute Gasteiger partial charge is 0.214 e. The molecule has 0 saturated carbocycles. The Morgan fingerprint density at radius 1 is 1.50 bits per heavy atom. The molecule has 1 aromatic heterocycles. The number of hydrogen-bond acceptors (Lipinski definition) is 0. The predicted molar refractivity (Wildman–Crippen MR) is 32.6 cm³/mol. The summed E-state index contributed by atoms with van der Waals surface area (Å²) in [5.74, 6) is 0.556. The van der Waals surface area contributed by atoms with E-state index in [9.17, 15) is 0 Å². The van der Waals surface area contributed by atoms with Crippen LogP contribution in [0.4, 0.5) is 0 Å². The third kappa shape index (κ3) is 1.20. The molecule has 0 aliphatic carbocycles. The quantitative estimate of drug-likeness (QED) is 0.506.